The Balaban J connectivity index is 2.48. The normalized spacial score (nSPS) is 8.92. The number of nitrogen functional groups attached to an aromatic ring is 1. The lowest BCUT2D eigenvalue weighted by Gasteiger charge is -2.03. The fraction of sp³-hybridized carbons (Fsp3) is 0.222. The lowest BCUT2D eigenvalue weighted by molar-refractivity contribution is 0.327. The minimum absolute atomic E-state index is 0.398. The molecule has 3 nitrogen and oxygen atoms in total. The zero-order chi connectivity index (χ0) is 8.81. The van der Waals surface area contributed by atoms with Crippen LogP contribution in [0, 0.1) is 11.3 Å². The van der Waals surface area contributed by atoms with Crippen LogP contribution in [0.5, 0.6) is 5.75 Å². The van der Waals surface area contributed by atoms with Gasteiger partial charge >= 0.3 is 0 Å². The van der Waals surface area contributed by atoms with Gasteiger partial charge in [0.25, 0.3) is 0 Å². The number of nitriles is 1. The predicted molar refractivity (Wildman–Crippen MR) is 46.6 cm³/mol. The van der Waals surface area contributed by atoms with E-state index in [1.54, 1.807) is 12.1 Å². The molecule has 1 rings (SSSR count). The van der Waals surface area contributed by atoms with Crippen molar-refractivity contribution in [1.29, 1.82) is 5.26 Å². The third kappa shape index (κ3) is 2.51. The summed E-state index contributed by atoms with van der Waals surface area (Å²) in [7, 11) is 0. The average Bonchev–Trinajstić information content (AvgIpc) is 2.05. The molecule has 0 aromatic heterocycles. The first kappa shape index (κ1) is 8.41. The van der Waals surface area contributed by atoms with E-state index in [1.165, 1.54) is 0 Å². The van der Waals surface area contributed by atoms with Gasteiger partial charge in [0, 0.05) is 11.8 Å². The maximum Gasteiger partial charge on any atom is 0.121 e. The maximum atomic E-state index is 8.24. The highest BCUT2D eigenvalue weighted by atomic mass is 16.5. The standard InChI is InChI=1S/C9H10N2O/c10-5-2-6-12-9-4-1-3-8(11)7-9/h1,3-4,7H,2,6,11H2. The Morgan fingerprint density at radius 3 is 3.00 bits per heavy atom. The van der Waals surface area contributed by atoms with E-state index in [0.29, 0.717) is 24.5 Å². The number of rotatable bonds is 3. The van der Waals surface area contributed by atoms with Crippen LogP contribution >= 0.6 is 0 Å². The van der Waals surface area contributed by atoms with Crippen molar-refractivity contribution in [3.63, 3.8) is 0 Å². The summed E-state index contributed by atoms with van der Waals surface area (Å²) in [5, 5.41) is 8.24. The molecule has 0 radical (unpaired) electrons. The van der Waals surface area contributed by atoms with Crippen molar-refractivity contribution in [2.75, 3.05) is 12.3 Å². The maximum absolute atomic E-state index is 8.24. The van der Waals surface area contributed by atoms with Crippen LogP contribution in [0.1, 0.15) is 6.42 Å². The van der Waals surface area contributed by atoms with Crippen LogP contribution in [0.25, 0.3) is 0 Å². The molecule has 0 aliphatic carbocycles. The second kappa shape index (κ2) is 4.24. The third-order valence-corrected chi connectivity index (χ3v) is 1.34. The number of nitrogens with zero attached hydrogens (tertiary/aromatic N) is 1. The van der Waals surface area contributed by atoms with E-state index in [-0.39, 0.29) is 0 Å². The molecule has 0 bridgehead atoms. The summed E-state index contributed by atoms with van der Waals surface area (Å²) < 4.78 is 5.22. The van der Waals surface area contributed by atoms with Gasteiger partial charge in [-0.3, -0.25) is 0 Å². The van der Waals surface area contributed by atoms with E-state index in [2.05, 4.69) is 0 Å². The predicted octanol–water partition coefficient (Wildman–Crippen LogP) is 1.56. The van der Waals surface area contributed by atoms with Gasteiger partial charge in [0.05, 0.1) is 12.5 Å². The van der Waals surface area contributed by atoms with Crippen LogP contribution in [-0.4, -0.2) is 6.61 Å². The largest absolute Gasteiger partial charge is 0.492 e. The van der Waals surface area contributed by atoms with Crippen LogP contribution in [0.2, 0.25) is 0 Å². The summed E-state index contributed by atoms with van der Waals surface area (Å²) in [5.74, 6) is 0.713. The highest BCUT2D eigenvalue weighted by Crippen LogP contribution is 2.14. The molecule has 0 fully saturated rings. The van der Waals surface area contributed by atoms with Crippen molar-refractivity contribution in [3.8, 4) is 11.8 Å². The highest BCUT2D eigenvalue weighted by molar-refractivity contribution is 5.43. The van der Waals surface area contributed by atoms with Gasteiger partial charge in [0.1, 0.15) is 12.4 Å². The van der Waals surface area contributed by atoms with Gasteiger partial charge in [-0.05, 0) is 12.1 Å². The molecule has 0 amide bonds. The fourth-order valence-corrected chi connectivity index (χ4v) is 0.819. The van der Waals surface area contributed by atoms with Gasteiger partial charge in [-0.25, -0.2) is 0 Å². The molecule has 12 heavy (non-hydrogen) atoms. The first-order valence-electron chi connectivity index (χ1n) is 3.68. The lowest BCUT2D eigenvalue weighted by atomic mass is 10.3. The minimum Gasteiger partial charge on any atom is -0.492 e. The van der Waals surface area contributed by atoms with Gasteiger partial charge in [-0.2, -0.15) is 5.26 Å². The van der Waals surface area contributed by atoms with Gasteiger partial charge < -0.3 is 10.5 Å². The number of hydrogen-bond acceptors (Lipinski definition) is 3. The van der Waals surface area contributed by atoms with Gasteiger partial charge in [-0.1, -0.05) is 6.07 Å². The number of nitrogens with two attached hydrogens (primary N) is 1. The van der Waals surface area contributed by atoms with Crippen molar-refractivity contribution in [2.24, 2.45) is 0 Å². The molecule has 3 heteroatoms. The Labute approximate surface area is 71.4 Å². The van der Waals surface area contributed by atoms with E-state index < -0.39 is 0 Å². The number of benzene rings is 1. The van der Waals surface area contributed by atoms with Crippen molar-refractivity contribution in [1.82, 2.24) is 0 Å². The van der Waals surface area contributed by atoms with Crippen LogP contribution < -0.4 is 10.5 Å². The molecule has 0 aliphatic heterocycles. The highest BCUT2D eigenvalue weighted by Gasteiger charge is 1.92. The molecule has 0 atom stereocenters. The Bertz CT molecular complexity index is 291. The lowest BCUT2D eigenvalue weighted by Crippen LogP contribution is -1.96. The molecule has 0 saturated carbocycles. The summed E-state index contributed by atoms with van der Waals surface area (Å²) in [6.45, 7) is 0.417. The number of hydrogen-bond donors (Lipinski definition) is 1. The van der Waals surface area contributed by atoms with Crippen molar-refractivity contribution >= 4 is 5.69 Å². The van der Waals surface area contributed by atoms with E-state index in [1.807, 2.05) is 18.2 Å². The summed E-state index contributed by atoms with van der Waals surface area (Å²) in [6.07, 6.45) is 0.398. The summed E-state index contributed by atoms with van der Waals surface area (Å²) in [5.41, 5.74) is 6.19. The Hall–Kier alpha value is -1.69. The zero-order valence-corrected chi connectivity index (χ0v) is 6.66. The van der Waals surface area contributed by atoms with Crippen molar-refractivity contribution in [2.45, 2.75) is 6.42 Å². The van der Waals surface area contributed by atoms with Gasteiger partial charge in [-0.15, -0.1) is 0 Å². The molecule has 0 saturated heterocycles. The number of ether oxygens (including phenoxy) is 1. The molecular weight excluding hydrogens is 152 g/mol. The second-order valence-corrected chi connectivity index (χ2v) is 2.33. The molecule has 2 N–H and O–H groups in total. The second-order valence-electron chi connectivity index (χ2n) is 2.33. The van der Waals surface area contributed by atoms with Crippen LogP contribution in [0.3, 0.4) is 0 Å². The Morgan fingerprint density at radius 1 is 1.50 bits per heavy atom. The molecule has 1 aromatic rings. The fourth-order valence-electron chi connectivity index (χ4n) is 0.819. The zero-order valence-electron chi connectivity index (χ0n) is 6.66. The average molecular weight is 162 g/mol. The first-order chi connectivity index (χ1) is 5.83. The summed E-state index contributed by atoms with van der Waals surface area (Å²) >= 11 is 0. The molecule has 0 aliphatic rings. The number of anilines is 1. The molecular formula is C9H10N2O. The van der Waals surface area contributed by atoms with E-state index in [9.17, 15) is 0 Å². The van der Waals surface area contributed by atoms with Crippen LogP contribution in [0.15, 0.2) is 24.3 Å². The van der Waals surface area contributed by atoms with E-state index in [4.69, 9.17) is 15.7 Å². The molecule has 0 spiro atoms. The van der Waals surface area contributed by atoms with E-state index in [0.717, 1.165) is 0 Å². The van der Waals surface area contributed by atoms with Crippen LogP contribution in [-0.2, 0) is 0 Å². The Kier molecular flexibility index (Phi) is 2.97. The third-order valence-electron chi connectivity index (χ3n) is 1.34. The van der Waals surface area contributed by atoms with E-state index >= 15 is 0 Å². The van der Waals surface area contributed by atoms with Gasteiger partial charge in [0.15, 0.2) is 0 Å². The van der Waals surface area contributed by atoms with Crippen molar-refractivity contribution in [3.05, 3.63) is 24.3 Å². The van der Waals surface area contributed by atoms with Crippen LogP contribution in [0.4, 0.5) is 5.69 Å². The minimum atomic E-state index is 0.398. The topological polar surface area (TPSA) is 59.0 Å². The Morgan fingerprint density at radius 2 is 2.33 bits per heavy atom. The smallest absolute Gasteiger partial charge is 0.121 e. The molecule has 1 aromatic carbocycles. The van der Waals surface area contributed by atoms with Crippen molar-refractivity contribution < 1.29 is 4.74 Å². The molecule has 62 valence electrons. The molecule has 0 unspecified atom stereocenters. The first-order valence-corrected chi connectivity index (χ1v) is 3.68. The monoisotopic (exact) mass is 162 g/mol. The molecule has 0 heterocycles. The van der Waals surface area contributed by atoms with Gasteiger partial charge in [0.2, 0.25) is 0 Å². The summed E-state index contributed by atoms with van der Waals surface area (Å²) in [6, 6.07) is 9.15. The quantitative estimate of drug-likeness (QED) is 0.542. The SMILES string of the molecule is N#CCCOc1cccc(N)c1. The summed E-state index contributed by atoms with van der Waals surface area (Å²) in [4.78, 5) is 0.